The maximum absolute atomic E-state index is 12.3. The molecule has 1 fully saturated rings. The standard InChI is InChI=1S/C18H23N3O2/c1-13-6-8-15(9-7-13)18-19-16(23-20-18)10-11-17(22)21-12-4-3-5-14(21)2/h6-9,14H,3-5,10-12H2,1-2H3/t14-/m1/s1. The van der Waals surface area contributed by atoms with Crippen molar-refractivity contribution in [3.63, 3.8) is 0 Å². The Morgan fingerprint density at radius 2 is 2.09 bits per heavy atom. The van der Waals surface area contributed by atoms with Crippen molar-refractivity contribution in [1.82, 2.24) is 15.0 Å². The highest BCUT2D eigenvalue weighted by Gasteiger charge is 2.23. The highest BCUT2D eigenvalue weighted by atomic mass is 16.5. The summed E-state index contributed by atoms with van der Waals surface area (Å²) in [4.78, 5) is 18.7. The lowest BCUT2D eigenvalue weighted by Crippen LogP contribution is -2.42. The number of likely N-dealkylation sites (tertiary alicyclic amines) is 1. The highest BCUT2D eigenvalue weighted by Crippen LogP contribution is 2.19. The van der Waals surface area contributed by atoms with Crippen LogP contribution in [0.5, 0.6) is 0 Å². The third kappa shape index (κ3) is 3.78. The molecule has 2 aromatic rings. The summed E-state index contributed by atoms with van der Waals surface area (Å²) in [6, 6.07) is 8.34. The van der Waals surface area contributed by atoms with Crippen molar-refractivity contribution in [1.29, 1.82) is 0 Å². The van der Waals surface area contributed by atoms with Crippen molar-refractivity contribution in [3.8, 4) is 11.4 Å². The van der Waals surface area contributed by atoms with Crippen molar-refractivity contribution in [3.05, 3.63) is 35.7 Å². The zero-order valence-electron chi connectivity index (χ0n) is 13.8. The summed E-state index contributed by atoms with van der Waals surface area (Å²) in [6.45, 7) is 5.04. The number of rotatable bonds is 4. The third-order valence-electron chi connectivity index (χ3n) is 4.45. The normalized spacial score (nSPS) is 18.2. The van der Waals surface area contributed by atoms with Crippen LogP contribution in [0.3, 0.4) is 0 Å². The number of carbonyl (C=O) groups excluding carboxylic acids is 1. The van der Waals surface area contributed by atoms with Crippen LogP contribution in [0.1, 0.15) is 44.1 Å². The fourth-order valence-electron chi connectivity index (χ4n) is 3.00. The number of aryl methyl sites for hydroxylation is 2. The molecule has 0 bridgehead atoms. The predicted molar refractivity (Wildman–Crippen MR) is 87.8 cm³/mol. The van der Waals surface area contributed by atoms with Crippen LogP contribution in [0.25, 0.3) is 11.4 Å². The molecule has 5 nitrogen and oxygen atoms in total. The van der Waals surface area contributed by atoms with Crippen LogP contribution in [0, 0.1) is 6.92 Å². The number of aromatic nitrogens is 2. The first-order chi connectivity index (χ1) is 11.1. The van der Waals surface area contributed by atoms with Gasteiger partial charge in [-0.1, -0.05) is 35.0 Å². The largest absolute Gasteiger partial charge is 0.340 e. The van der Waals surface area contributed by atoms with Crippen LogP contribution >= 0.6 is 0 Å². The summed E-state index contributed by atoms with van der Waals surface area (Å²) in [5.74, 6) is 1.30. The number of hydrogen-bond acceptors (Lipinski definition) is 4. The van der Waals surface area contributed by atoms with E-state index in [4.69, 9.17) is 4.52 Å². The lowest BCUT2D eigenvalue weighted by Gasteiger charge is -2.33. The Kier molecular flexibility index (Phi) is 4.74. The SMILES string of the molecule is Cc1ccc(-c2noc(CCC(=O)N3CCCC[C@H]3C)n2)cc1. The molecule has 3 rings (SSSR count). The minimum Gasteiger partial charge on any atom is -0.340 e. The molecule has 1 amide bonds. The van der Waals surface area contributed by atoms with E-state index in [2.05, 4.69) is 17.1 Å². The molecule has 122 valence electrons. The molecule has 1 aromatic carbocycles. The molecular formula is C18H23N3O2. The Hall–Kier alpha value is -2.17. The number of amides is 1. The van der Waals surface area contributed by atoms with Crippen molar-refractivity contribution in [2.45, 2.75) is 52.0 Å². The van der Waals surface area contributed by atoms with Crippen LogP contribution in [0.15, 0.2) is 28.8 Å². The second-order valence-corrected chi connectivity index (χ2v) is 6.31. The van der Waals surface area contributed by atoms with E-state index in [1.165, 1.54) is 12.0 Å². The monoisotopic (exact) mass is 313 g/mol. The van der Waals surface area contributed by atoms with E-state index in [1.54, 1.807) is 0 Å². The van der Waals surface area contributed by atoms with E-state index < -0.39 is 0 Å². The zero-order chi connectivity index (χ0) is 16.2. The minimum absolute atomic E-state index is 0.187. The summed E-state index contributed by atoms with van der Waals surface area (Å²) >= 11 is 0. The molecule has 0 radical (unpaired) electrons. The van der Waals surface area contributed by atoms with Gasteiger partial charge in [-0.3, -0.25) is 4.79 Å². The van der Waals surface area contributed by atoms with E-state index >= 15 is 0 Å². The van der Waals surface area contributed by atoms with Gasteiger partial charge < -0.3 is 9.42 Å². The fourth-order valence-corrected chi connectivity index (χ4v) is 3.00. The van der Waals surface area contributed by atoms with Gasteiger partial charge in [-0.15, -0.1) is 0 Å². The second kappa shape index (κ2) is 6.94. The summed E-state index contributed by atoms with van der Waals surface area (Å²) in [6.07, 6.45) is 4.35. The van der Waals surface area contributed by atoms with Gasteiger partial charge >= 0.3 is 0 Å². The second-order valence-electron chi connectivity index (χ2n) is 6.31. The summed E-state index contributed by atoms with van der Waals surface area (Å²) in [7, 11) is 0. The van der Waals surface area contributed by atoms with Crippen LogP contribution in [-0.2, 0) is 11.2 Å². The molecule has 2 heterocycles. The van der Waals surface area contributed by atoms with Gasteiger partial charge in [-0.25, -0.2) is 0 Å². The summed E-state index contributed by atoms with van der Waals surface area (Å²) in [5, 5.41) is 4.01. The Labute approximate surface area is 136 Å². The number of benzene rings is 1. The van der Waals surface area contributed by atoms with E-state index in [1.807, 2.05) is 36.1 Å². The smallest absolute Gasteiger partial charge is 0.227 e. The molecule has 0 saturated carbocycles. The summed E-state index contributed by atoms with van der Waals surface area (Å²) in [5.41, 5.74) is 2.13. The first-order valence-electron chi connectivity index (χ1n) is 8.32. The van der Waals surface area contributed by atoms with Gasteiger partial charge in [-0.2, -0.15) is 4.98 Å². The molecule has 1 atom stereocenters. The lowest BCUT2D eigenvalue weighted by molar-refractivity contribution is -0.134. The fraction of sp³-hybridized carbons (Fsp3) is 0.500. The Morgan fingerprint density at radius 3 is 2.83 bits per heavy atom. The number of nitrogens with zero attached hydrogens (tertiary/aromatic N) is 3. The first-order valence-corrected chi connectivity index (χ1v) is 8.32. The van der Waals surface area contributed by atoms with Crippen LogP contribution in [-0.4, -0.2) is 33.5 Å². The average molecular weight is 313 g/mol. The maximum Gasteiger partial charge on any atom is 0.227 e. The molecule has 1 aromatic heterocycles. The topological polar surface area (TPSA) is 59.2 Å². The van der Waals surface area contributed by atoms with Gasteiger partial charge in [0, 0.05) is 31.0 Å². The minimum atomic E-state index is 0.187. The maximum atomic E-state index is 12.3. The van der Waals surface area contributed by atoms with Crippen molar-refractivity contribution in [2.24, 2.45) is 0 Å². The molecular weight excluding hydrogens is 290 g/mol. The van der Waals surface area contributed by atoms with Gasteiger partial charge in [0.15, 0.2) is 0 Å². The summed E-state index contributed by atoms with van der Waals surface area (Å²) < 4.78 is 5.28. The molecule has 1 aliphatic rings. The number of hydrogen-bond donors (Lipinski definition) is 0. The average Bonchev–Trinajstić information content (AvgIpc) is 3.03. The van der Waals surface area contributed by atoms with Gasteiger partial charge in [0.1, 0.15) is 0 Å². The zero-order valence-corrected chi connectivity index (χ0v) is 13.8. The van der Waals surface area contributed by atoms with Crippen molar-refractivity contribution >= 4 is 5.91 Å². The quantitative estimate of drug-likeness (QED) is 0.868. The molecule has 0 aliphatic carbocycles. The Balaban J connectivity index is 1.58. The van der Waals surface area contributed by atoms with E-state index in [9.17, 15) is 4.79 Å². The Morgan fingerprint density at radius 1 is 1.30 bits per heavy atom. The van der Waals surface area contributed by atoms with Crippen LogP contribution < -0.4 is 0 Å². The molecule has 23 heavy (non-hydrogen) atoms. The highest BCUT2D eigenvalue weighted by molar-refractivity contribution is 5.76. The molecule has 1 aliphatic heterocycles. The third-order valence-corrected chi connectivity index (χ3v) is 4.45. The van der Waals surface area contributed by atoms with Gasteiger partial charge in [0.2, 0.25) is 17.6 Å². The molecule has 0 spiro atoms. The van der Waals surface area contributed by atoms with E-state index in [0.29, 0.717) is 30.6 Å². The van der Waals surface area contributed by atoms with Crippen molar-refractivity contribution in [2.75, 3.05) is 6.54 Å². The van der Waals surface area contributed by atoms with Gasteiger partial charge in [-0.05, 0) is 33.1 Å². The number of piperidine rings is 1. The van der Waals surface area contributed by atoms with Gasteiger partial charge in [0.25, 0.3) is 0 Å². The van der Waals surface area contributed by atoms with Crippen LogP contribution in [0.2, 0.25) is 0 Å². The first kappa shape index (κ1) is 15.7. The molecule has 1 saturated heterocycles. The van der Waals surface area contributed by atoms with E-state index in [-0.39, 0.29) is 5.91 Å². The van der Waals surface area contributed by atoms with Gasteiger partial charge in [0.05, 0.1) is 0 Å². The van der Waals surface area contributed by atoms with E-state index in [0.717, 1.165) is 24.9 Å². The Bertz CT molecular complexity index is 663. The molecule has 0 N–H and O–H groups in total. The van der Waals surface area contributed by atoms with Crippen LogP contribution in [0.4, 0.5) is 0 Å². The van der Waals surface area contributed by atoms with Crippen molar-refractivity contribution < 1.29 is 9.32 Å². The predicted octanol–water partition coefficient (Wildman–Crippen LogP) is 3.38. The number of carbonyl (C=O) groups is 1. The lowest BCUT2D eigenvalue weighted by atomic mass is 10.0. The molecule has 0 unspecified atom stereocenters. The molecule has 5 heteroatoms.